The number of benzene rings is 1. The first-order chi connectivity index (χ1) is 10.0. The highest BCUT2D eigenvalue weighted by Gasteiger charge is 2.55. The molecule has 0 saturated carbocycles. The fourth-order valence-electron chi connectivity index (χ4n) is 2.59. The van der Waals surface area contributed by atoms with Gasteiger partial charge >= 0.3 is 6.18 Å². The quantitative estimate of drug-likeness (QED) is 0.846. The number of aliphatic hydroxyl groups excluding tert-OH is 1. The minimum Gasteiger partial charge on any atom is -0.496 e. The molecule has 0 aliphatic rings. The monoisotopic (exact) mass is 320 g/mol. The van der Waals surface area contributed by atoms with Crippen LogP contribution in [0, 0.1) is 0 Å². The zero-order valence-corrected chi connectivity index (χ0v) is 13.3. The van der Waals surface area contributed by atoms with Gasteiger partial charge in [-0.1, -0.05) is 32.9 Å². The summed E-state index contributed by atoms with van der Waals surface area (Å²) in [6.45, 7) is 3.76. The molecular formula is C16H23F3O3. The van der Waals surface area contributed by atoms with Crippen LogP contribution in [0.4, 0.5) is 13.2 Å². The second-order valence-corrected chi connectivity index (χ2v) is 6.14. The molecule has 0 bridgehead atoms. The Morgan fingerprint density at radius 1 is 1.18 bits per heavy atom. The van der Waals surface area contributed by atoms with Gasteiger partial charge in [0.2, 0.25) is 0 Å². The molecule has 0 heterocycles. The first-order valence-corrected chi connectivity index (χ1v) is 7.08. The van der Waals surface area contributed by atoms with Crippen LogP contribution in [-0.2, 0) is 11.8 Å². The maximum atomic E-state index is 13.0. The van der Waals surface area contributed by atoms with Crippen molar-refractivity contribution in [2.75, 3.05) is 13.7 Å². The Morgan fingerprint density at radius 3 is 2.18 bits per heavy atom. The number of ether oxygens (including phenoxy) is 1. The van der Waals surface area contributed by atoms with Crippen molar-refractivity contribution in [2.24, 2.45) is 0 Å². The molecule has 126 valence electrons. The Bertz CT molecular complexity index is 512. The van der Waals surface area contributed by atoms with Gasteiger partial charge in [0.05, 0.1) is 13.7 Å². The van der Waals surface area contributed by atoms with Crippen molar-refractivity contribution < 1.29 is 28.1 Å². The van der Waals surface area contributed by atoms with Gasteiger partial charge in [0.15, 0.2) is 5.60 Å². The first-order valence-electron chi connectivity index (χ1n) is 7.08. The summed E-state index contributed by atoms with van der Waals surface area (Å²) in [4.78, 5) is 0. The Kier molecular flexibility index (Phi) is 5.51. The molecule has 0 aromatic heterocycles. The molecule has 0 aliphatic carbocycles. The molecule has 1 rings (SSSR count). The number of methoxy groups -OCH3 is 1. The molecule has 0 amide bonds. The normalized spacial score (nSPS) is 15.5. The summed E-state index contributed by atoms with van der Waals surface area (Å²) in [6.07, 6.45) is -4.79. The molecule has 1 atom stereocenters. The van der Waals surface area contributed by atoms with Crippen LogP contribution in [0.1, 0.15) is 38.3 Å². The predicted molar refractivity (Wildman–Crippen MR) is 78.1 cm³/mol. The third kappa shape index (κ3) is 3.73. The van der Waals surface area contributed by atoms with Crippen LogP contribution in [0.15, 0.2) is 18.2 Å². The summed E-state index contributed by atoms with van der Waals surface area (Å²) >= 11 is 0. The third-order valence-electron chi connectivity index (χ3n) is 3.93. The summed E-state index contributed by atoms with van der Waals surface area (Å²) < 4.78 is 44.3. The van der Waals surface area contributed by atoms with Gasteiger partial charge in [-0.25, -0.2) is 0 Å². The van der Waals surface area contributed by atoms with E-state index >= 15 is 0 Å². The highest BCUT2D eigenvalue weighted by molar-refractivity contribution is 5.42. The van der Waals surface area contributed by atoms with E-state index in [1.165, 1.54) is 7.11 Å². The van der Waals surface area contributed by atoms with Crippen molar-refractivity contribution in [3.05, 3.63) is 29.3 Å². The van der Waals surface area contributed by atoms with Crippen LogP contribution >= 0.6 is 0 Å². The molecular weight excluding hydrogens is 297 g/mol. The van der Waals surface area contributed by atoms with Crippen molar-refractivity contribution in [1.82, 2.24) is 0 Å². The van der Waals surface area contributed by atoms with E-state index in [-0.39, 0.29) is 0 Å². The number of hydrogen-bond acceptors (Lipinski definition) is 3. The predicted octanol–water partition coefficient (Wildman–Crippen LogP) is 3.21. The summed E-state index contributed by atoms with van der Waals surface area (Å²) in [7, 11) is 1.45. The number of halogens is 3. The van der Waals surface area contributed by atoms with E-state index in [9.17, 15) is 18.3 Å². The second kappa shape index (κ2) is 6.46. The van der Waals surface area contributed by atoms with Gasteiger partial charge in [0, 0.05) is 0 Å². The van der Waals surface area contributed by atoms with E-state index < -0.39 is 30.2 Å². The number of aliphatic hydroxyl groups is 2. The number of hydrogen-bond donors (Lipinski definition) is 2. The lowest BCUT2D eigenvalue weighted by molar-refractivity contribution is -0.277. The molecule has 0 saturated heterocycles. The minimum absolute atomic E-state index is 0.479. The van der Waals surface area contributed by atoms with Crippen LogP contribution < -0.4 is 4.74 Å². The molecule has 3 nitrogen and oxygen atoms in total. The lowest BCUT2D eigenvalue weighted by Gasteiger charge is -2.37. The Hall–Kier alpha value is -1.27. The SMILES string of the molecule is CCc1ccc(C(C)(C)CC(O)(CO)C(F)(F)F)c(OC)c1. The van der Waals surface area contributed by atoms with E-state index in [0.717, 1.165) is 12.0 Å². The lowest BCUT2D eigenvalue weighted by Crippen LogP contribution is -2.52. The topological polar surface area (TPSA) is 49.7 Å². The maximum absolute atomic E-state index is 13.0. The van der Waals surface area contributed by atoms with Crippen LogP contribution in [0.25, 0.3) is 0 Å². The summed E-state index contributed by atoms with van der Waals surface area (Å²) in [5.41, 5.74) is -2.62. The Labute approximate surface area is 128 Å². The van der Waals surface area contributed by atoms with Gasteiger partial charge in [-0.2, -0.15) is 13.2 Å². The van der Waals surface area contributed by atoms with Gasteiger partial charge in [-0.15, -0.1) is 0 Å². The number of alkyl halides is 3. The molecule has 0 spiro atoms. The molecule has 1 aromatic rings. The molecule has 2 N–H and O–H groups in total. The molecule has 22 heavy (non-hydrogen) atoms. The fourth-order valence-corrected chi connectivity index (χ4v) is 2.59. The highest BCUT2D eigenvalue weighted by atomic mass is 19.4. The third-order valence-corrected chi connectivity index (χ3v) is 3.93. The summed E-state index contributed by atoms with van der Waals surface area (Å²) in [5.74, 6) is 0.479. The number of aryl methyl sites for hydroxylation is 1. The van der Waals surface area contributed by atoms with Gasteiger partial charge in [-0.05, 0) is 35.4 Å². The number of rotatable bonds is 6. The van der Waals surface area contributed by atoms with E-state index in [2.05, 4.69) is 0 Å². The Morgan fingerprint density at radius 2 is 1.77 bits per heavy atom. The van der Waals surface area contributed by atoms with Crippen LogP contribution in [0.5, 0.6) is 5.75 Å². The summed E-state index contributed by atoms with van der Waals surface area (Å²) in [6, 6.07) is 5.32. The molecule has 0 fully saturated rings. The zero-order chi connectivity index (χ0) is 17.2. The van der Waals surface area contributed by atoms with E-state index in [1.54, 1.807) is 26.0 Å². The van der Waals surface area contributed by atoms with Crippen molar-refractivity contribution in [2.45, 2.75) is 50.8 Å². The van der Waals surface area contributed by atoms with Gasteiger partial charge in [0.25, 0.3) is 0 Å². The molecule has 0 aliphatic heterocycles. The summed E-state index contributed by atoms with van der Waals surface area (Å²) in [5, 5.41) is 18.8. The molecule has 1 unspecified atom stereocenters. The maximum Gasteiger partial charge on any atom is 0.419 e. The first kappa shape index (κ1) is 18.8. The average molecular weight is 320 g/mol. The van der Waals surface area contributed by atoms with E-state index in [4.69, 9.17) is 9.84 Å². The standard InChI is InChI=1S/C16H23F3O3/c1-5-11-6-7-12(13(8-11)22-4)14(2,3)9-15(21,10-20)16(17,18)19/h6-8,20-21H,5,9-10H2,1-4H3. The zero-order valence-electron chi connectivity index (χ0n) is 13.3. The molecule has 1 aromatic carbocycles. The van der Waals surface area contributed by atoms with Gasteiger partial charge in [0.1, 0.15) is 5.75 Å². The van der Waals surface area contributed by atoms with Gasteiger partial charge < -0.3 is 14.9 Å². The van der Waals surface area contributed by atoms with Crippen molar-refractivity contribution in [3.8, 4) is 5.75 Å². The van der Waals surface area contributed by atoms with E-state index in [1.807, 2.05) is 13.0 Å². The molecule has 6 heteroatoms. The fraction of sp³-hybridized carbons (Fsp3) is 0.625. The van der Waals surface area contributed by atoms with Crippen molar-refractivity contribution >= 4 is 0 Å². The minimum atomic E-state index is -4.91. The van der Waals surface area contributed by atoms with Crippen molar-refractivity contribution in [1.29, 1.82) is 0 Å². The second-order valence-electron chi connectivity index (χ2n) is 6.14. The van der Waals surface area contributed by atoms with Crippen LogP contribution in [0.2, 0.25) is 0 Å². The lowest BCUT2D eigenvalue weighted by atomic mass is 9.74. The van der Waals surface area contributed by atoms with Crippen LogP contribution in [-0.4, -0.2) is 35.7 Å². The average Bonchev–Trinajstić information content (AvgIpc) is 2.44. The van der Waals surface area contributed by atoms with Crippen molar-refractivity contribution in [3.63, 3.8) is 0 Å². The van der Waals surface area contributed by atoms with E-state index in [0.29, 0.717) is 11.3 Å². The smallest absolute Gasteiger partial charge is 0.419 e. The highest BCUT2D eigenvalue weighted by Crippen LogP contribution is 2.43. The molecule has 0 radical (unpaired) electrons. The van der Waals surface area contributed by atoms with Gasteiger partial charge in [-0.3, -0.25) is 0 Å². The van der Waals surface area contributed by atoms with Crippen LogP contribution in [0.3, 0.4) is 0 Å². The Balaban J connectivity index is 3.24. The largest absolute Gasteiger partial charge is 0.496 e.